The van der Waals surface area contributed by atoms with Crippen LogP contribution in [0.2, 0.25) is 0 Å². The fourth-order valence-electron chi connectivity index (χ4n) is 9.12. The summed E-state index contributed by atoms with van der Waals surface area (Å²) < 4.78 is 2.56. The molecule has 1 spiro atoms. The summed E-state index contributed by atoms with van der Waals surface area (Å²) in [6, 6.07) is 53.9. The minimum absolute atomic E-state index is 0.723. The number of imidazole rings is 1. The van der Waals surface area contributed by atoms with Gasteiger partial charge in [-0.2, -0.15) is 0 Å². The number of hydrogen-bond acceptors (Lipinski definition) is 3. The highest BCUT2D eigenvalue weighted by atomic mass is 15.2. The third-order valence-corrected chi connectivity index (χ3v) is 11.3. The van der Waals surface area contributed by atoms with Crippen LogP contribution in [-0.4, -0.2) is 21.0 Å². The van der Waals surface area contributed by atoms with E-state index < -0.39 is 5.54 Å². The second-order valence-electron chi connectivity index (χ2n) is 14.3. The van der Waals surface area contributed by atoms with E-state index in [1.54, 1.807) is 0 Å². The average molecular weight is 691 g/mol. The molecule has 0 N–H and O–H groups in total. The predicted octanol–water partition coefficient (Wildman–Crippen LogP) is 11.3. The largest absolute Gasteiger partial charge is 0.305 e. The summed E-state index contributed by atoms with van der Waals surface area (Å²) in [4.78, 5) is 16.8. The first-order chi connectivity index (χ1) is 26.7. The summed E-state index contributed by atoms with van der Waals surface area (Å²) in [5.74, 6) is 1.68. The fraction of sp³-hybridized carbons (Fsp3) is 0.0600. The van der Waals surface area contributed by atoms with Gasteiger partial charge in [-0.05, 0) is 40.8 Å². The van der Waals surface area contributed by atoms with E-state index in [0.29, 0.717) is 0 Å². The van der Waals surface area contributed by atoms with Crippen molar-refractivity contribution in [2.75, 3.05) is 0 Å². The average Bonchev–Trinajstić information content (AvgIpc) is 3.90. The van der Waals surface area contributed by atoms with Crippen molar-refractivity contribution in [3.63, 3.8) is 0 Å². The molecule has 1 aromatic heterocycles. The number of aliphatic imine (C=N–C) groups is 2. The van der Waals surface area contributed by atoms with Gasteiger partial charge in [0.2, 0.25) is 0 Å². The Bertz CT molecular complexity index is 2810. The van der Waals surface area contributed by atoms with Crippen LogP contribution in [0.1, 0.15) is 29.2 Å². The fourth-order valence-corrected chi connectivity index (χ4v) is 9.12. The Morgan fingerprint density at radius 1 is 0.630 bits per heavy atom. The maximum absolute atomic E-state index is 5.65. The molecule has 7 aromatic rings. The van der Waals surface area contributed by atoms with Gasteiger partial charge in [0, 0.05) is 39.0 Å². The second kappa shape index (κ2) is 11.8. The molecular formula is C50H34N4. The highest BCUT2D eigenvalue weighted by molar-refractivity contribution is 6.55. The number of nitrogens with zero attached hydrogens (tertiary/aromatic N) is 4. The van der Waals surface area contributed by atoms with E-state index in [4.69, 9.17) is 15.0 Å². The van der Waals surface area contributed by atoms with Crippen molar-refractivity contribution >= 4 is 22.2 Å². The quantitative estimate of drug-likeness (QED) is 0.177. The van der Waals surface area contributed by atoms with Crippen LogP contribution in [0, 0.1) is 0 Å². The Morgan fingerprint density at radius 2 is 1.22 bits per heavy atom. The molecule has 6 aromatic carbocycles. The van der Waals surface area contributed by atoms with Gasteiger partial charge in [0.05, 0.1) is 22.8 Å². The molecule has 0 radical (unpaired) electrons. The topological polar surface area (TPSA) is 42.5 Å². The third-order valence-electron chi connectivity index (χ3n) is 11.3. The molecule has 0 fully saturated rings. The highest BCUT2D eigenvalue weighted by Crippen LogP contribution is 2.61. The number of hydrogen-bond donors (Lipinski definition) is 0. The monoisotopic (exact) mass is 690 g/mol. The van der Waals surface area contributed by atoms with Crippen LogP contribution in [0.5, 0.6) is 0 Å². The van der Waals surface area contributed by atoms with Crippen molar-refractivity contribution in [3.8, 4) is 33.9 Å². The smallest absolute Gasteiger partial charge is 0.159 e. The van der Waals surface area contributed by atoms with Gasteiger partial charge < -0.3 is 4.57 Å². The molecule has 1 unspecified atom stereocenters. The Balaban J connectivity index is 1.34. The molecule has 0 saturated carbocycles. The van der Waals surface area contributed by atoms with Crippen LogP contribution >= 0.6 is 0 Å². The van der Waals surface area contributed by atoms with E-state index in [2.05, 4.69) is 187 Å². The van der Waals surface area contributed by atoms with Crippen molar-refractivity contribution in [1.29, 1.82) is 0 Å². The lowest BCUT2D eigenvalue weighted by molar-refractivity contribution is 0.517. The summed E-state index contributed by atoms with van der Waals surface area (Å²) in [5, 5.41) is 2.46. The van der Waals surface area contributed by atoms with Crippen LogP contribution < -0.4 is 0 Å². The zero-order valence-corrected chi connectivity index (χ0v) is 29.7. The molecule has 4 nitrogen and oxygen atoms in total. The summed E-state index contributed by atoms with van der Waals surface area (Å²) >= 11 is 0. The predicted molar refractivity (Wildman–Crippen MR) is 221 cm³/mol. The minimum atomic E-state index is -0.800. The number of fused-ring (bicyclic) bond motifs is 3. The molecule has 2 bridgehead atoms. The molecule has 0 amide bonds. The Hall–Kier alpha value is -6.91. The molecule has 2 aliphatic heterocycles. The molecule has 254 valence electrons. The van der Waals surface area contributed by atoms with Crippen molar-refractivity contribution < 1.29 is 0 Å². The van der Waals surface area contributed by atoms with Crippen LogP contribution in [0.15, 0.2) is 208 Å². The molecule has 0 saturated heterocycles. The molecule has 4 aliphatic rings. The van der Waals surface area contributed by atoms with Crippen molar-refractivity contribution in [2.24, 2.45) is 9.98 Å². The molecular weight excluding hydrogens is 657 g/mol. The summed E-state index contributed by atoms with van der Waals surface area (Å²) in [6.45, 7) is 2.11. The molecule has 3 heterocycles. The third kappa shape index (κ3) is 4.28. The lowest BCUT2D eigenvalue weighted by Gasteiger charge is -2.41. The minimum Gasteiger partial charge on any atom is -0.305 e. The molecule has 2 aliphatic carbocycles. The zero-order chi connectivity index (χ0) is 35.8. The van der Waals surface area contributed by atoms with E-state index in [0.717, 1.165) is 74.3 Å². The SMILES string of the molecule is C/C=C\C1=C2Cc3ccc4ccc5c(c4c3)C2(C(=C2N=C(c3ccccc3)C(c3ccccc3)=N2)C=C1)n1c-5nc(-c2ccccc2)c1-c1ccccc1. The second-order valence-corrected chi connectivity index (χ2v) is 14.3. The Kier molecular flexibility index (Phi) is 6.71. The highest BCUT2D eigenvalue weighted by Gasteiger charge is 2.55. The maximum Gasteiger partial charge on any atom is 0.159 e. The first-order valence-corrected chi connectivity index (χ1v) is 18.6. The molecule has 11 rings (SSSR count). The first kappa shape index (κ1) is 30.7. The van der Waals surface area contributed by atoms with Gasteiger partial charge in [0.25, 0.3) is 0 Å². The molecule has 4 heteroatoms. The van der Waals surface area contributed by atoms with Gasteiger partial charge in [-0.3, -0.25) is 0 Å². The van der Waals surface area contributed by atoms with Gasteiger partial charge in [-0.1, -0.05) is 176 Å². The van der Waals surface area contributed by atoms with Gasteiger partial charge in [-0.25, -0.2) is 15.0 Å². The van der Waals surface area contributed by atoms with Crippen molar-refractivity contribution in [3.05, 3.63) is 221 Å². The van der Waals surface area contributed by atoms with Crippen LogP contribution in [-0.2, 0) is 12.0 Å². The normalized spacial score (nSPS) is 18.0. The Labute approximate surface area is 314 Å². The van der Waals surface area contributed by atoms with E-state index in [1.807, 2.05) is 0 Å². The summed E-state index contributed by atoms with van der Waals surface area (Å²) in [6.07, 6.45) is 9.76. The first-order valence-electron chi connectivity index (χ1n) is 18.6. The number of allylic oxidation sites excluding steroid dienone is 7. The Morgan fingerprint density at radius 3 is 1.85 bits per heavy atom. The van der Waals surface area contributed by atoms with Gasteiger partial charge in [0.15, 0.2) is 5.82 Å². The maximum atomic E-state index is 5.65. The van der Waals surface area contributed by atoms with Gasteiger partial charge in [0.1, 0.15) is 11.4 Å². The van der Waals surface area contributed by atoms with Crippen LogP contribution in [0.25, 0.3) is 44.7 Å². The molecule has 54 heavy (non-hydrogen) atoms. The van der Waals surface area contributed by atoms with Crippen LogP contribution in [0.3, 0.4) is 0 Å². The standard InChI is InChI=1S/C50H34N4/c1-2-15-34-27-29-41(48-51-44(35-16-7-3-8-17-35)45(52-48)36-18-9-4-10-19-36)50-42(34)31-32-24-25-33-26-28-39(43(50)40(33)30-32)49-53-46(37-20-11-5-12-21-37)47(54(49)50)38-22-13-6-14-23-38/h2-30H,31H2,1H3/b15-2-. The summed E-state index contributed by atoms with van der Waals surface area (Å²) in [7, 11) is 0. The lowest BCUT2D eigenvalue weighted by Crippen LogP contribution is -2.39. The zero-order valence-electron chi connectivity index (χ0n) is 29.7. The van der Waals surface area contributed by atoms with Gasteiger partial charge >= 0.3 is 0 Å². The number of benzene rings is 6. The van der Waals surface area contributed by atoms with Crippen molar-refractivity contribution in [2.45, 2.75) is 18.9 Å². The number of rotatable bonds is 5. The van der Waals surface area contributed by atoms with Crippen molar-refractivity contribution in [1.82, 2.24) is 9.55 Å². The van der Waals surface area contributed by atoms with E-state index in [1.165, 1.54) is 33.0 Å². The summed E-state index contributed by atoms with van der Waals surface area (Å²) in [5.41, 5.74) is 14.5. The van der Waals surface area contributed by atoms with E-state index in [9.17, 15) is 0 Å². The van der Waals surface area contributed by atoms with E-state index >= 15 is 0 Å². The van der Waals surface area contributed by atoms with Crippen LogP contribution in [0.4, 0.5) is 0 Å². The lowest BCUT2D eigenvalue weighted by atomic mass is 9.70. The molecule has 1 atom stereocenters. The van der Waals surface area contributed by atoms with E-state index in [-0.39, 0.29) is 0 Å². The van der Waals surface area contributed by atoms with Gasteiger partial charge in [-0.15, -0.1) is 0 Å². The number of aromatic nitrogens is 2.